The SMILES string of the molecule is COc1ccc(Cl)cc1NCc1ccccc1C. The molecule has 0 aliphatic rings. The van der Waals surface area contributed by atoms with E-state index in [4.69, 9.17) is 16.3 Å². The third kappa shape index (κ3) is 2.96. The Morgan fingerprint density at radius 3 is 2.67 bits per heavy atom. The number of ether oxygens (including phenoxy) is 1. The highest BCUT2D eigenvalue weighted by molar-refractivity contribution is 6.30. The van der Waals surface area contributed by atoms with Gasteiger partial charge in [-0.25, -0.2) is 0 Å². The van der Waals surface area contributed by atoms with E-state index in [-0.39, 0.29) is 0 Å². The van der Waals surface area contributed by atoms with Gasteiger partial charge in [0.1, 0.15) is 5.75 Å². The first-order valence-electron chi connectivity index (χ1n) is 5.82. The van der Waals surface area contributed by atoms with Crippen molar-refractivity contribution >= 4 is 17.3 Å². The van der Waals surface area contributed by atoms with Crippen LogP contribution in [0, 0.1) is 6.92 Å². The first-order valence-corrected chi connectivity index (χ1v) is 6.20. The van der Waals surface area contributed by atoms with Gasteiger partial charge in [-0.15, -0.1) is 0 Å². The van der Waals surface area contributed by atoms with Gasteiger partial charge in [0.25, 0.3) is 0 Å². The Balaban J connectivity index is 2.15. The lowest BCUT2D eigenvalue weighted by molar-refractivity contribution is 0.416. The van der Waals surface area contributed by atoms with Crippen molar-refractivity contribution < 1.29 is 4.74 Å². The van der Waals surface area contributed by atoms with Crippen LogP contribution in [0.1, 0.15) is 11.1 Å². The minimum absolute atomic E-state index is 0.697. The maximum absolute atomic E-state index is 5.99. The fourth-order valence-corrected chi connectivity index (χ4v) is 1.99. The zero-order valence-corrected chi connectivity index (χ0v) is 11.3. The maximum atomic E-state index is 5.99. The fraction of sp³-hybridized carbons (Fsp3) is 0.200. The van der Waals surface area contributed by atoms with Crippen molar-refractivity contribution in [1.29, 1.82) is 0 Å². The average Bonchev–Trinajstić information content (AvgIpc) is 2.38. The predicted molar refractivity (Wildman–Crippen MR) is 76.5 cm³/mol. The summed E-state index contributed by atoms with van der Waals surface area (Å²) < 4.78 is 5.30. The summed E-state index contributed by atoms with van der Waals surface area (Å²) in [4.78, 5) is 0. The molecule has 0 bridgehead atoms. The molecule has 0 amide bonds. The second-order valence-corrected chi connectivity index (χ2v) is 4.56. The van der Waals surface area contributed by atoms with Gasteiger partial charge in [-0.05, 0) is 36.2 Å². The summed E-state index contributed by atoms with van der Waals surface area (Å²) in [6.07, 6.45) is 0. The molecule has 0 saturated heterocycles. The van der Waals surface area contributed by atoms with Crippen LogP contribution in [-0.2, 0) is 6.54 Å². The van der Waals surface area contributed by atoms with Crippen LogP contribution < -0.4 is 10.1 Å². The summed E-state index contributed by atoms with van der Waals surface area (Å²) in [5.74, 6) is 0.799. The second kappa shape index (κ2) is 5.78. The van der Waals surface area contributed by atoms with Crippen LogP contribution in [0.25, 0.3) is 0 Å². The number of aryl methyl sites for hydroxylation is 1. The van der Waals surface area contributed by atoms with Crippen molar-refractivity contribution in [2.24, 2.45) is 0 Å². The molecule has 0 atom stereocenters. The van der Waals surface area contributed by atoms with Crippen molar-refractivity contribution in [3.05, 3.63) is 58.6 Å². The van der Waals surface area contributed by atoms with Gasteiger partial charge in [0.05, 0.1) is 12.8 Å². The van der Waals surface area contributed by atoms with Crippen LogP contribution in [-0.4, -0.2) is 7.11 Å². The first-order chi connectivity index (χ1) is 8.70. The number of rotatable bonds is 4. The summed E-state index contributed by atoms with van der Waals surface area (Å²) in [5, 5.41) is 4.05. The maximum Gasteiger partial charge on any atom is 0.142 e. The molecule has 2 aromatic rings. The number of anilines is 1. The Morgan fingerprint density at radius 2 is 1.94 bits per heavy atom. The molecule has 0 fully saturated rings. The van der Waals surface area contributed by atoms with Crippen LogP contribution >= 0.6 is 11.6 Å². The summed E-state index contributed by atoms with van der Waals surface area (Å²) in [5.41, 5.74) is 3.44. The lowest BCUT2D eigenvalue weighted by Gasteiger charge is -2.12. The third-order valence-electron chi connectivity index (χ3n) is 2.89. The Morgan fingerprint density at radius 1 is 1.17 bits per heavy atom. The van der Waals surface area contributed by atoms with Crippen LogP contribution in [0.2, 0.25) is 5.02 Å². The summed E-state index contributed by atoms with van der Waals surface area (Å²) in [7, 11) is 1.65. The Hall–Kier alpha value is -1.67. The van der Waals surface area contributed by atoms with E-state index in [1.165, 1.54) is 11.1 Å². The zero-order valence-electron chi connectivity index (χ0n) is 10.5. The van der Waals surface area contributed by atoms with E-state index < -0.39 is 0 Å². The number of hydrogen-bond acceptors (Lipinski definition) is 2. The number of benzene rings is 2. The number of nitrogens with one attached hydrogen (secondary N) is 1. The standard InChI is InChI=1S/C15H16ClNO/c1-11-5-3-4-6-12(11)10-17-14-9-13(16)7-8-15(14)18-2/h3-9,17H,10H2,1-2H3. The molecule has 2 nitrogen and oxygen atoms in total. The molecule has 2 rings (SSSR count). The van der Waals surface area contributed by atoms with Gasteiger partial charge in [-0.3, -0.25) is 0 Å². The molecular weight excluding hydrogens is 246 g/mol. The van der Waals surface area contributed by atoms with Crippen LogP contribution in [0.4, 0.5) is 5.69 Å². The molecule has 18 heavy (non-hydrogen) atoms. The van der Waals surface area contributed by atoms with Crippen molar-refractivity contribution in [1.82, 2.24) is 0 Å². The smallest absolute Gasteiger partial charge is 0.142 e. The van der Waals surface area contributed by atoms with E-state index in [2.05, 4.69) is 24.4 Å². The molecule has 0 heterocycles. The third-order valence-corrected chi connectivity index (χ3v) is 3.13. The summed E-state index contributed by atoms with van der Waals surface area (Å²) in [6.45, 7) is 2.86. The molecule has 0 unspecified atom stereocenters. The Kier molecular flexibility index (Phi) is 4.11. The van der Waals surface area contributed by atoms with Crippen LogP contribution in [0.15, 0.2) is 42.5 Å². The highest BCUT2D eigenvalue weighted by atomic mass is 35.5. The Labute approximate surface area is 113 Å². The van der Waals surface area contributed by atoms with E-state index >= 15 is 0 Å². The lowest BCUT2D eigenvalue weighted by atomic mass is 10.1. The second-order valence-electron chi connectivity index (χ2n) is 4.12. The molecule has 0 aliphatic heterocycles. The molecule has 0 radical (unpaired) electrons. The van der Waals surface area contributed by atoms with Crippen molar-refractivity contribution in [3.8, 4) is 5.75 Å². The van der Waals surface area contributed by atoms with Gasteiger partial charge < -0.3 is 10.1 Å². The highest BCUT2D eigenvalue weighted by Crippen LogP contribution is 2.28. The number of hydrogen-bond donors (Lipinski definition) is 1. The minimum atomic E-state index is 0.697. The van der Waals surface area contributed by atoms with Gasteiger partial charge in [0, 0.05) is 11.6 Å². The molecule has 0 aromatic heterocycles. The van der Waals surface area contributed by atoms with E-state index in [1.54, 1.807) is 7.11 Å². The summed E-state index contributed by atoms with van der Waals surface area (Å²) in [6, 6.07) is 13.9. The van der Waals surface area contributed by atoms with Crippen molar-refractivity contribution in [2.45, 2.75) is 13.5 Å². The molecule has 0 aliphatic carbocycles. The highest BCUT2D eigenvalue weighted by Gasteiger charge is 2.04. The lowest BCUT2D eigenvalue weighted by Crippen LogP contribution is -2.02. The minimum Gasteiger partial charge on any atom is -0.495 e. The molecule has 1 N–H and O–H groups in total. The Bertz CT molecular complexity index is 540. The summed E-state index contributed by atoms with van der Waals surface area (Å²) >= 11 is 5.99. The van der Waals surface area contributed by atoms with Crippen molar-refractivity contribution in [2.75, 3.05) is 12.4 Å². The average molecular weight is 262 g/mol. The fourth-order valence-electron chi connectivity index (χ4n) is 1.82. The van der Waals surface area contributed by atoms with E-state index in [9.17, 15) is 0 Å². The van der Waals surface area contributed by atoms with Crippen molar-refractivity contribution in [3.63, 3.8) is 0 Å². The quantitative estimate of drug-likeness (QED) is 0.888. The van der Waals surface area contributed by atoms with Gasteiger partial charge in [0.15, 0.2) is 0 Å². The van der Waals surface area contributed by atoms with Gasteiger partial charge in [-0.2, -0.15) is 0 Å². The topological polar surface area (TPSA) is 21.3 Å². The molecule has 0 saturated carbocycles. The number of halogens is 1. The first kappa shape index (κ1) is 12.8. The van der Waals surface area contributed by atoms with E-state index in [0.29, 0.717) is 5.02 Å². The van der Waals surface area contributed by atoms with E-state index in [1.807, 2.05) is 30.3 Å². The largest absolute Gasteiger partial charge is 0.495 e. The molecular formula is C15H16ClNO. The molecule has 2 aromatic carbocycles. The van der Waals surface area contributed by atoms with E-state index in [0.717, 1.165) is 18.0 Å². The van der Waals surface area contributed by atoms with Gasteiger partial charge in [-0.1, -0.05) is 35.9 Å². The van der Waals surface area contributed by atoms with Gasteiger partial charge >= 0.3 is 0 Å². The zero-order chi connectivity index (χ0) is 13.0. The van der Waals surface area contributed by atoms with Crippen LogP contribution in [0.5, 0.6) is 5.75 Å². The molecule has 0 spiro atoms. The molecule has 3 heteroatoms. The normalized spacial score (nSPS) is 10.2. The predicted octanol–water partition coefficient (Wildman–Crippen LogP) is 4.27. The monoisotopic (exact) mass is 261 g/mol. The molecule has 94 valence electrons. The van der Waals surface area contributed by atoms with Gasteiger partial charge in [0.2, 0.25) is 0 Å². The van der Waals surface area contributed by atoms with Crippen LogP contribution in [0.3, 0.4) is 0 Å². The number of methoxy groups -OCH3 is 1.